The number of rotatable bonds is 11. The van der Waals surface area contributed by atoms with E-state index in [-0.39, 0.29) is 12.5 Å². The summed E-state index contributed by atoms with van der Waals surface area (Å²) >= 11 is 3.42. The first kappa shape index (κ1) is 28.4. The number of nitrogens with zero attached hydrogens (tertiary/aromatic N) is 1. The van der Waals surface area contributed by atoms with Crippen LogP contribution in [0, 0.1) is 6.92 Å². The van der Waals surface area contributed by atoms with E-state index >= 15 is 0 Å². The average molecular weight is 602 g/mol. The second-order valence-corrected chi connectivity index (χ2v) is 9.64. The van der Waals surface area contributed by atoms with Crippen molar-refractivity contribution in [3.8, 4) is 17.2 Å². The lowest BCUT2D eigenvalue weighted by atomic mass is 10.2. The maximum Gasteiger partial charge on any atom is 0.271 e. The van der Waals surface area contributed by atoms with Crippen LogP contribution in [-0.2, 0) is 11.4 Å². The standard InChI is InChI=1S/C31H28BrN3O5/c1-21-8-12-26(13-9-21)34-30(36)20-40-27-15-11-25(32)16-24(27)18-33-35-31(37)23-10-14-28(29(17-23)38-2)39-19-22-6-4-3-5-7-22/h3-18H,19-20H2,1-2H3,(H,34,36)(H,35,37)/b33-18+. The molecule has 0 spiro atoms. The fourth-order valence-corrected chi connectivity index (χ4v) is 4.00. The summed E-state index contributed by atoms with van der Waals surface area (Å²) in [6.45, 7) is 2.16. The van der Waals surface area contributed by atoms with E-state index in [2.05, 4.69) is 31.8 Å². The smallest absolute Gasteiger partial charge is 0.271 e. The van der Waals surface area contributed by atoms with Crippen molar-refractivity contribution in [2.24, 2.45) is 5.10 Å². The number of ether oxygens (including phenoxy) is 3. The maximum absolute atomic E-state index is 12.7. The van der Waals surface area contributed by atoms with Gasteiger partial charge in [-0.25, -0.2) is 5.43 Å². The Morgan fingerprint density at radius 1 is 0.875 bits per heavy atom. The molecule has 204 valence electrons. The van der Waals surface area contributed by atoms with Gasteiger partial charge < -0.3 is 19.5 Å². The number of hydrogen-bond acceptors (Lipinski definition) is 6. The molecule has 40 heavy (non-hydrogen) atoms. The Morgan fingerprint density at radius 3 is 2.38 bits per heavy atom. The Labute approximate surface area is 241 Å². The van der Waals surface area contributed by atoms with Crippen molar-refractivity contribution in [2.75, 3.05) is 19.0 Å². The quantitative estimate of drug-likeness (QED) is 0.159. The third-order valence-corrected chi connectivity index (χ3v) is 6.19. The van der Waals surface area contributed by atoms with Crippen molar-refractivity contribution in [2.45, 2.75) is 13.5 Å². The van der Waals surface area contributed by atoms with Crippen LogP contribution in [-0.4, -0.2) is 31.7 Å². The van der Waals surface area contributed by atoms with Crippen molar-refractivity contribution >= 4 is 39.6 Å². The molecule has 8 nitrogen and oxygen atoms in total. The third-order valence-electron chi connectivity index (χ3n) is 5.70. The van der Waals surface area contributed by atoms with E-state index in [9.17, 15) is 9.59 Å². The first-order valence-corrected chi connectivity index (χ1v) is 13.2. The summed E-state index contributed by atoms with van der Waals surface area (Å²) in [5, 5.41) is 6.87. The molecule has 0 aliphatic carbocycles. The molecular formula is C31H28BrN3O5. The number of carbonyl (C=O) groups is 2. The lowest BCUT2D eigenvalue weighted by molar-refractivity contribution is -0.118. The summed E-state index contributed by atoms with van der Waals surface area (Å²) in [6.07, 6.45) is 1.45. The van der Waals surface area contributed by atoms with Crippen LogP contribution in [0.1, 0.15) is 27.0 Å². The monoisotopic (exact) mass is 601 g/mol. The van der Waals surface area contributed by atoms with Gasteiger partial charge in [-0.3, -0.25) is 9.59 Å². The minimum absolute atomic E-state index is 0.193. The Balaban J connectivity index is 1.35. The molecule has 4 aromatic rings. The first-order chi connectivity index (χ1) is 19.4. The predicted octanol–water partition coefficient (Wildman–Crippen LogP) is 6.13. The average Bonchev–Trinajstić information content (AvgIpc) is 2.97. The Hall–Kier alpha value is -4.63. The molecule has 0 aliphatic rings. The highest BCUT2D eigenvalue weighted by atomic mass is 79.9. The van der Waals surface area contributed by atoms with Gasteiger partial charge in [0.1, 0.15) is 12.4 Å². The van der Waals surface area contributed by atoms with Crippen LogP contribution in [0.5, 0.6) is 17.2 Å². The SMILES string of the molecule is COc1cc(C(=O)N/N=C/c2cc(Br)ccc2OCC(=O)Nc2ccc(C)cc2)ccc1OCc1ccccc1. The number of halogens is 1. The van der Waals surface area contributed by atoms with Crippen molar-refractivity contribution in [1.29, 1.82) is 0 Å². The summed E-state index contributed by atoms with van der Waals surface area (Å²) in [7, 11) is 1.51. The normalized spacial score (nSPS) is 10.7. The number of methoxy groups -OCH3 is 1. The highest BCUT2D eigenvalue weighted by molar-refractivity contribution is 9.10. The molecule has 0 saturated carbocycles. The Bertz CT molecular complexity index is 1490. The van der Waals surface area contributed by atoms with Gasteiger partial charge in [0.15, 0.2) is 18.1 Å². The summed E-state index contributed by atoms with van der Waals surface area (Å²) in [5.41, 5.74) is 6.23. The molecule has 0 aliphatic heterocycles. The van der Waals surface area contributed by atoms with Crippen LogP contribution in [0.3, 0.4) is 0 Å². The number of aryl methyl sites for hydroxylation is 1. The van der Waals surface area contributed by atoms with E-state index in [1.807, 2.05) is 61.5 Å². The number of carbonyl (C=O) groups excluding carboxylic acids is 2. The molecule has 0 unspecified atom stereocenters. The molecule has 0 bridgehead atoms. The van der Waals surface area contributed by atoms with Crippen LogP contribution < -0.4 is 25.0 Å². The summed E-state index contributed by atoms with van der Waals surface area (Å²) < 4.78 is 17.8. The Morgan fingerprint density at radius 2 is 1.62 bits per heavy atom. The van der Waals surface area contributed by atoms with Gasteiger partial charge in [0.25, 0.3) is 11.8 Å². The highest BCUT2D eigenvalue weighted by Gasteiger charge is 2.12. The van der Waals surface area contributed by atoms with Crippen LogP contribution in [0.25, 0.3) is 0 Å². The summed E-state index contributed by atoms with van der Waals surface area (Å²) in [5.74, 6) is 0.655. The fraction of sp³-hybridized carbons (Fsp3) is 0.129. The molecule has 0 fully saturated rings. The van der Waals surface area contributed by atoms with E-state index in [0.717, 1.165) is 15.6 Å². The molecule has 4 aromatic carbocycles. The van der Waals surface area contributed by atoms with Gasteiger partial charge in [-0.15, -0.1) is 0 Å². The maximum atomic E-state index is 12.7. The van der Waals surface area contributed by atoms with Crippen LogP contribution in [0.15, 0.2) is 101 Å². The summed E-state index contributed by atoms with van der Waals surface area (Å²) in [4.78, 5) is 25.1. The van der Waals surface area contributed by atoms with E-state index in [1.54, 1.807) is 36.4 Å². The lowest BCUT2D eigenvalue weighted by Crippen LogP contribution is -2.20. The van der Waals surface area contributed by atoms with Crippen molar-refractivity contribution in [1.82, 2.24) is 5.43 Å². The number of hydrogen-bond donors (Lipinski definition) is 2. The van der Waals surface area contributed by atoms with Crippen molar-refractivity contribution in [3.05, 3.63) is 118 Å². The molecule has 0 heterocycles. The van der Waals surface area contributed by atoms with Crippen molar-refractivity contribution < 1.29 is 23.8 Å². The van der Waals surface area contributed by atoms with Gasteiger partial charge in [0.05, 0.1) is 13.3 Å². The molecule has 2 N–H and O–H groups in total. The zero-order valence-corrected chi connectivity index (χ0v) is 23.6. The van der Waals surface area contributed by atoms with Gasteiger partial charge in [-0.2, -0.15) is 5.10 Å². The second kappa shape index (κ2) is 14.0. The number of anilines is 1. The van der Waals surface area contributed by atoms with Crippen molar-refractivity contribution in [3.63, 3.8) is 0 Å². The number of amides is 2. The minimum Gasteiger partial charge on any atom is -0.493 e. The van der Waals surface area contributed by atoms with E-state index in [1.165, 1.54) is 13.3 Å². The number of nitrogens with one attached hydrogen (secondary N) is 2. The van der Waals surface area contributed by atoms with Gasteiger partial charge in [-0.1, -0.05) is 64.0 Å². The first-order valence-electron chi connectivity index (χ1n) is 12.4. The third kappa shape index (κ3) is 8.18. The lowest BCUT2D eigenvalue weighted by Gasteiger charge is -2.12. The molecule has 2 amide bonds. The van der Waals surface area contributed by atoms with Crippen LogP contribution in [0.2, 0.25) is 0 Å². The Kier molecular flexibility index (Phi) is 9.90. The van der Waals surface area contributed by atoms with E-state index in [0.29, 0.717) is 40.7 Å². The molecule has 0 radical (unpaired) electrons. The molecule has 0 aromatic heterocycles. The predicted molar refractivity (Wildman–Crippen MR) is 158 cm³/mol. The topological polar surface area (TPSA) is 98.3 Å². The molecule has 4 rings (SSSR count). The molecule has 0 saturated heterocycles. The fourth-order valence-electron chi connectivity index (χ4n) is 3.62. The number of benzene rings is 4. The molecule has 0 atom stereocenters. The zero-order valence-electron chi connectivity index (χ0n) is 22.0. The van der Waals surface area contributed by atoms with E-state index < -0.39 is 5.91 Å². The second-order valence-electron chi connectivity index (χ2n) is 8.72. The van der Waals surface area contributed by atoms with Gasteiger partial charge >= 0.3 is 0 Å². The minimum atomic E-state index is -0.431. The highest BCUT2D eigenvalue weighted by Crippen LogP contribution is 2.29. The van der Waals surface area contributed by atoms with Crippen LogP contribution in [0.4, 0.5) is 5.69 Å². The van der Waals surface area contributed by atoms with Gasteiger partial charge in [0, 0.05) is 21.3 Å². The van der Waals surface area contributed by atoms with Gasteiger partial charge in [-0.05, 0) is 61.0 Å². The number of hydrazone groups is 1. The summed E-state index contributed by atoms with van der Waals surface area (Å²) in [6, 6.07) is 27.4. The van der Waals surface area contributed by atoms with Gasteiger partial charge in [0.2, 0.25) is 0 Å². The van der Waals surface area contributed by atoms with Crippen LogP contribution >= 0.6 is 15.9 Å². The zero-order chi connectivity index (χ0) is 28.3. The molecule has 9 heteroatoms. The largest absolute Gasteiger partial charge is 0.493 e. The van der Waals surface area contributed by atoms with E-state index in [4.69, 9.17) is 14.2 Å². The molecular weight excluding hydrogens is 574 g/mol.